The van der Waals surface area contributed by atoms with Crippen molar-refractivity contribution in [2.45, 2.75) is 166 Å². The van der Waals surface area contributed by atoms with Crippen LogP contribution in [-0.2, 0) is 0 Å². The van der Waals surface area contributed by atoms with Crippen molar-refractivity contribution >= 4 is 16.1 Å². The van der Waals surface area contributed by atoms with Crippen LogP contribution in [0.2, 0.25) is 48.4 Å². The second-order valence-electron chi connectivity index (χ2n) is 9.83. The summed E-state index contributed by atoms with van der Waals surface area (Å²) in [4.78, 5) is 0. The van der Waals surface area contributed by atoms with Crippen LogP contribution in [0.4, 0.5) is 0 Å². The quantitative estimate of drug-likeness (QED) is 0.181. The second-order valence-corrected chi connectivity index (χ2v) is 19.8. The predicted octanol–water partition coefficient (Wildman–Crippen LogP) is 9.66. The third-order valence-corrected chi connectivity index (χ3v) is 18.4. The van der Waals surface area contributed by atoms with Gasteiger partial charge in [0.25, 0.3) is 0 Å². The van der Waals surface area contributed by atoms with Gasteiger partial charge in [-0.3, -0.25) is 0 Å². The maximum absolute atomic E-state index is 11.2. The molecule has 1 N–H and O–H groups in total. The average molecular weight is 455 g/mol. The molecule has 0 aliphatic rings. The van der Waals surface area contributed by atoms with E-state index in [1.807, 2.05) is 6.92 Å². The predicted molar refractivity (Wildman–Crippen MR) is 141 cm³/mol. The number of rotatable bonds is 20. The molecule has 0 heterocycles. The van der Waals surface area contributed by atoms with Crippen LogP contribution in [0.5, 0.6) is 0 Å². The molecule has 29 heavy (non-hydrogen) atoms. The molecule has 0 saturated carbocycles. The van der Waals surface area contributed by atoms with E-state index in [0.717, 1.165) is 100 Å². The highest BCUT2D eigenvalue weighted by molar-refractivity contribution is 6.80. The third kappa shape index (κ3) is 12.1. The molecule has 3 heteroatoms. The molecule has 0 aromatic heterocycles. The van der Waals surface area contributed by atoms with Gasteiger partial charge in [-0.05, 0) is 19.8 Å². The number of hydrogen-bond donors (Lipinski definition) is 1. The summed E-state index contributed by atoms with van der Waals surface area (Å²) in [6.45, 7) is 4.83. The van der Waals surface area contributed by atoms with Crippen LogP contribution in [-0.4, -0.2) is 26.9 Å². The largest absolute Gasteiger partial charge is 0.390 e. The zero-order valence-corrected chi connectivity index (χ0v) is 21.9. The first-order valence-electron chi connectivity index (χ1n) is 16.5. The SMILES string of the molecule is [3H]CCC[Si](CCC[3H])(CCC[3H])CCCC(C)(O)CCC[Si](CCC[3H])(CCC[3H])CCC[3H]. The van der Waals surface area contributed by atoms with E-state index < -0.39 is 21.7 Å². The Bertz CT molecular complexity index is 401. The van der Waals surface area contributed by atoms with Crippen molar-refractivity contribution in [2.75, 3.05) is 0 Å². The fourth-order valence-electron chi connectivity index (χ4n) is 5.56. The molecular weight excluding hydrogens is 384 g/mol. The fraction of sp³-hybridized carbons (Fsp3) is 1.00. The van der Waals surface area contributed by atoms with E-state index in [4.69, 9.17) is 8.22 Å². The highest BCUT2D eigenvalue weighted by Crippen LogP contribution is 2.36. The molecule has 0 rings (SSSR count). The molecule has 0 saturated heterocycles. The lowest BCUT2D eigenvalue weighted by Crippen LogP contribution is -2.35. The van der Waals surface area contributed by atoms with Gasteiger partial charge in [-0.25, -0.2) is 0 Å². The first kappa shape index (κ1) is 20.0. The summed E-state index contributed by atoms with van der Waals surface area (Å²) in [5.74, 6) is 0. The van der Waals surface area contributed by atoms with Crippen LogP contribution in [0.1, 0.15) is 121 Å². The Morgan fingerprint density at radius 2 is 0.828 bits per heavy atom. The average Bonchev–Trinajstić information content (AvgIpc) is 2.85. The monoisotopic (exact) mass is 454 g/mol. The maximum atomic E-state index is 11.2. The molecule has 0 bridgehead atoms. The summed E-state index contributed by atoms with van der Waals surface area (Å²) in [5, 5.41) is 11.2. The molecule has 0 unspecified atom stereocenters. The van der Waals surface area contributed by atoms with E-state index in [0.29, 0.717) is 41.4 Å². The lowest BCUT2D eigenvalue weighted by Gasteiger charge is -2.34. The Labute approximate surface area is 196 Å². The Hall–Kier alpha value is 0.394. The van der Waals surface area contributed by atoms with Crippen molar-refractivity contribution in [3.05, 3.63) is 0 Å². The van der Waals surface area contributed by atoms with Gasteiger partial charge in [0, 0.05) is 8.22 Å². The highest BCUT2D eigenvalue weighted by atomic mass is 28.3. The minimum Gasteiger partial charge on any atom is -0.390 e. The highest BCUT2D eigenvalue weighted by Gasteiger charge is 2.32. The van der Waals surface area contributed by atoms with E-state index >= 15 is 0 Å². The Kier molecular flexibility index (Phi) is 11.1. The zero-order valence-electron chi connectivity index (χ0n) is 25.9. The van der Waals surface area contributed by atoms with E-state index in [1.165, 1.54) is 12.1 Å². The van der Waals surface area contributed by atoms with Gasteiger partial charge in [0.05, 0.1) is 21.7 Å². The summed E-state index contributed by atoms with van der Waals surface area (Å²) >= 11 is 0. The molecular formula is C26H58OSi2. The Balaban J connectivity index is 5.01. The first-order valence-corrected chi connectivity index (χ1v) is 17.9. The van der Waals surface area contributed by atoms with Crippen LogP contribution >= 0.6 is 0 Å². The van der Waals surface area contributed by atoms with Crippen molar-refractivity contribution < 1.29 is 13.3 Å². The van der Waals surface area contributed by atoms with E-state index in [2.05, 4.69) is 0 Å². The lowest BCUT2D eigenvalue weighted by atomic mass is 9.95. The van der Waals surface area contributed by atoms with Crippen LogP contribution < -0.4 is 0 Å². The molecule has 1 nitrogen and oxygen atoms in total. The van der Waals surface area contributed by atoms with Gasteiger partial charge in [0.15, 0.2) is 0 Å². The molecule has 0 fully saturated rings. The van der Waals surface area contributed by atoms with Gasteiger partial charge in [0.1, 0.15) is 0 Å². The van der Waals surface area contributed by atoms with Crippen molar-refractivity contribution in [3.8, 4) is 0 Å². The normalized spacial score (nSPS) is 15.9. The molecule has 176 valence electrons. The van der Waals surface area contributed by atoms with Gasteiger partial charge in [-0.2, -0.15) is 0 Å². The lowest BCUT2D eigenvalue weighted by molar-refractivity contribution is 0.0403. The fourth-order valence-corrected chi connectivity index (χ4v) is 14.9. The number of aliphatic hydroxyl groups is 1. The Morgan fingerprint density at radius 3 is 1.07 bits per heavy atom. The van der Waals surface area contributed by atoms with Crippen molar-refractivity contribution in [2.24, 2.45) is 0 Å². The van der Waals surface area contributed by atoms with E-state index in [1.54, 1.807) is 0 Å². The molecule has 0 amide bonds. The molecule has 0 spiro atoms. The van der Waals surface area contributed by atoms with Gasteiger partial charge < -0.3 is 5.11 Å². The second kappa shape index (κ2) is 16.1. The standard InChI is InChI=1S/C26H58OSi2/c1-8-18-28(19-9-2,20-10-3)24-14-16-26(7,27)17-15-25-29(21-11-4,22-12-5)23-13-6/h27H,8-25H2,1-7H3/i1T,2T,3T,4T,5T,6T. The van der Waals surface area contributed by atoms with Gasteiger partial charge in [-0.15, -0.1) is 0 Å². The molecule has 0 radical (unpaired) electrons. The topological polar surface area (TPSA) is 20.2 Å². The molecule has 0 atom stereocenters. The minimum atomic E-state index is -1.58. The molecule has 0 aromatic rings. The molecule has 0 aromatic carbocycles. The zero-order chi connectivity index (χ0) is 26.5. The van der Waals surface area contributed by atoms with Crippen LogP contribution in [0.3, 0.4) is 0 Å². The summed E-state index contributed by atoms with van der Waals surface area (Å²) in [6, 6.07) is 9.22. The number of hydrogen-bond acceptors (Lipinski definition) is 1. The van der Waals surface area contributed by atoms with Crippen LogP contribution in [0.25, 0.3) is 0 Å². The van der Waals surface area contributed by atoms with Crippen LogP contribution in [0.15, 0.2) is 0 Å². The van der Waals surface area contributed by atoms with Gasteiger partial charge in [0.2, 0.25) is 0 Å². The van der Waals surface area contributed by atoms with Crippen molar-refractivity contribution in [1.29, 1.82) is 0 Å². The van der Waals surface area contributed by atoms with Gasteiger partial charge >= 0.3 is 0 Å². The van der Waals surface area contributed by atoms with Gasteiger partial charge in [-0.1, -0.05) is 141 Å². The summed E-state index contributed by atoms with van der Waals surface area (Å²) in [7, 11) is -3.16. The van der Waals surface area contributed by atoms with Crippen molar-refractivity contribution in [1.82, 2.24) is 0 Å². The van der Waals surface area contributed by atoms with E-state index in [9.17, 15) is 5.11 Å². The summed E-state index contributed by atoms with van der Waals surface area (Å²) in [5.41, 5.74) is -0.666. The maximum Gasteiger partial charge on any atom is 0.0619 e. The summed E-state index contributed by atoms with van der Waals surface area (Å²) in [6.07, 6.45) is 9.33. The molecule has 0 aliphatic heterocycles. The van der Waals surface area contributed by atoms with Crippen LogP contribution in [0, 0.1) is 0 Å². The smallest absolute Gasteiger partial charge is 0.0619 e. The van der Waals surface area contributed by atoms with Crippen molar-refractivity contribution in [3.63, 3.8) is 0 Å². The minimum absolute atomic E-state index is 0.473. The van der Waals surface area contributed by atoms with E-state index in [-0.39, 0.29) is 0 Å². The summed E-state index contributed by atoms with van der Waals surface area (Å²) < 4.78 is 45.9. The third-order valence-electron chi connectivity index (χ3n) is 7.09. The Morgan fingerprint density at radius 1 is 0.552 bits per heavy atom. The molecule has 0 aliphatic carbocycles. The first-order chi connectivity index (χ1) is 16.8.